The van der Waals surface area contributed by atoms with Crippen LogP contribution in [0.3, 0.4) is 0 Å². The normalized spacial score (nSPS) is 15.7. The van der Waals surface area contributed by atoms with Crippen molar-refractivity contribution in [2.75, 3.05) is 32.8 Å². The first-order chi connectivity index (χ1) is 14.8. The SMILES string of the molecule is Cc1ccc2c(c1)c(=O)n(C)c1nnc(CN3CCCN(C(=O)OCC(C)C)CC3)n21. The molecule has 0 N–H and O–H groups in total. The lowest BCUT2D eigenvalue weighted by Crippen LogP contribution is -2.36. The van der Waals surface area contributed by atoms with Crippen LogP contribution in [0, 0.1) is 12.8 Å². The molecule has 1 aliphatic heterocycles. The zero-order valence-electron chi connectivity index (χ0n) is 18.7. The van der Waals surface area contributed by atoms with Crippen LogP contribution >= 0.6 is 0 Å². The summed E-state index contributed by atoms with van der Waals surface area (Å²) in [6.07, 6.45) is 0.631. The predicted octanol–water partition coefficient (Wildman–Crippen LogP) is 2.19. The Bertz CT molecular complexity index is 1170. The molecule has 0 unspecified atom stereocenters. The predicted molar refractivity (Wildman–Crippen MR) is 118 cm³/mol. The maximum absolute atomic E-state index is 12.8. The van der Waals surface area contributed by atoms with Crippen LogP contribution in [0.2, 0.25) is 0 Å². The second-order valence-electron chi connectivity index (χ2n) is 8.72. The first-order valence-electron chi connectivity index (χ1n) is 10.8. The molecule has 1 aliphatic rings. The van der Waals surface area contributed by atoms with E-state index in [1.165, 1.54) is 0 Å². The first kappa shape index (κ1) is 21.3. The minimum atomic E-state index is -0.236. The highest BCUT2D eigenvalue weighted by molar-refractivity contribution is 5.81. The fraction of sp³-hybridized carbons (Fsp3) is 0.545. The number of hydrogen-bond donors (Lipinski definition) is 0. The summed E-state index contributed by atoms with van der Waals surface area (Å²) >= 11 is 0. The number of ether oxygens (including phenoxy) is 1. The lowest BCUT2D eigenvalue weighted by atomic mass is 10.1. The third-order valence-electron chi connectivity index (χ3n) is 5.69. The number of carbonyl (C=O) groups is 1. The van der Waals surface area contributed by atoms with Gasteiger partial charge < -0.3 is 9.64 Å². The molecule has 31 heavy (non-hydrogen) atoms. The molecule has 0 saturated carbocycles. The summed E-state index contributed by atoms with van der Waals surface area (Å²) in [5.41, 5.74) is 1.78. The van der Waals surface area contributed by atoms with Crippen LogP contribution < -0.4 is 5.56 Å². The van der Waals surface area contributed by atoms with Gasteiger partial charge in [0.25, 0.3) is 5.56 Å². The molecule has 0 atom stereocenters. The van der Waals surface area contributed by atoms with Gasteiger partial charge in [0.15, 0.2) is 5.82 Å². The van der Waals surface area contributed by atoms with Crippen molar-refractivity contribution in [2.45, 2.75) is 33.7 Å². The van der Waals surface area contributed by atoms with E-state index in [1.54, 1.807) is 16.5 Å². The van der Waals surface area contributed by atoms with Crippen LogP contribution in [0.5, 0.6) is 0 Å². The van der Waals surface area contributed by atoms with E-state index < -0.39 is 0 Å². The topological polar surface area (TPSA) is 85.0 Å². The van der Waals surface area contributed by atoms with E-state index in [4.69, 9.17) is 4.74 Å². The fourth-order valence-corrected chi connectivity index (χ4v) is 4.00. The standard InChI is InChI=1S/C22H30N6O3/c1-15(2)14-31-22(30)27-9-5-8-26(10-11-27)13-19-23-24-21-25(4)20(29)17-12-16(3)6-7-18(17)28(19)21/h6-7,12,15H,5,8-11,13-14H2,1-4H3. The van der Waals surface area contributed by atoms with Gasteiger partial charge in [-0.05, 0) is 31.4 Å². The largest absolute Gasteiger partial charge is 0.449 e. The van der Waals surface area contributed by atoms with Gasteiger partial charge >= 0.3 is 6.09 Å². The molecule has 0 bridgehead atoms. The number of aromatic nitrogens is 4. The zero-order chi connectivity index (χ0) is 22.1. The van der Waals surface area contributed by atoms with Gasteiger partial charge in [-0.2, -0.15) is 0 Å². The fourth-order valence-electron chi connectivity index (χ4n) is 4.00. The van der Waals surface area contributed by atoms with Gasteiger partial charge in [-0.1, -0.05) is 25.5 Å². The van der Waals surface area contributed by atoms with Gasteiger partial charge in [-0.3, -0.25) is 18.7 Å². The molecule has 9 nitrogen and oxygen atoms in total. The first-order valence-corrected chi connectivity index (χ1v) is 10.8. The van der Waals surface area contributed by atoms with Crippen molar-refractivity contribution in [3.63, 3.8) is 0 Å². The molecule has 1 saturated heterocycles. The van der Waals surface area contributed by atoms with Gasteiger partial charge in [0, 0.05) is 33.2 Å². The van der Waals surface area contributed by atoms with E-state index in [0.29, 0.717) is 43.3 Å². The number of amides is 1. The van der Waals surface area contributed by atoms with Gasteiger partial charge in [-0.25, -0.2) is 4.79 Å². The Balaban J connectivity index is 1.56. The smallest absolute Gasteiger partial charge is 0.409 e. The quantitative estimate of drug-likeness (QED) is 0.636. The summed E-state index contributed by atoms with van der Waals surface area (Å²) in [4.78, 5) is 29.1. The molecule has 3 aromatic rings. The molecular weight excluding hydrogens is 396 g/mol. The maximum Gasteiger partial charge on any atom is 0.409 e. The number of carbonyl (C=O) groups excluding carboxylic acids is 1. The molecule has 3 heterocycles. The molecule has 2 aromatic heterocycles. The summed E-state index contributed by atoms with van der Waals surface area (Å²) in [5, 5.41) is 9.35. The van der Waals surface area contributed by atoms with Crippen molar-refractivity contribution in [2.24, 2.45) is 13.0 Å². The number of nitrogens with zero attached hydrogens (tertiary/aromatic N) is 6. The second-order valence-corrected chi connectivity index (χ2v) is 8.72. The van der Waals surface area contributed by atoms with Crippen molar-refractivity contribution >= 4 is 22.8 Å². The van der Waals surface area contributed by atoms with Crippen molar-refractivity contribution in [3.8, 4) is 0 Å². The third kappa shape index (κ3) is 4.27. The molecule has 0 radical (unpaired) electrons. The summed E-state index contributed by atoms with van der Waals surface area (Å²) in [6, 6.07) is 5.87. The molecular formula is C22H30N6O3. The Morgan fingerprint density at radius 3 is 2.74 bits per heavy atom. The van der Waals surface area contributed by atoms with Crippen LogP contribution in [0.4, 0.5) is 4.79 Å². The summed E-state index contributed by atoms with van der Waals surface area (Å²) in [5.74, 6) is 1.64. The number of fused-ring (bicyclic) bond motifs is 3. The monoisotopic (exact) mass is 426 g/mol. The van der Waals surface area contributed by atoms with E-state index in [0.717, 1.165) is 36.4 Å². The highest BCUT2D eigenvalue weighted by Gasteiger charge is 2.22. The molecule has 0 aliphatic carbocycles. The third-order valence-corrected chi connectivity index (χ3v) is 5.69. The molecule has 4 rings (SSSR count). The number of aryl methyl sites for hydroxylation is 2. The lowest BCUT2D eigenvalue weighted by Gasteiger charge is -2.21. The Hall–Kier alpha value is -2.94. The van der Waals surface area contributed by atoms with Crippen LogP contribution in [0.15, 0.2) is 23.0 Å². The van der Waals surface area contributed by atoms with Crippen molar-refractivity contribution in [1.29, 1.82) is 0 Å². The number of hydrogen-bond acceptors (Lipinski definition) is 6. The van der Waals surface area contributed by atoms with Crippen molar-refractivity contribution < 1.29 is 9.53 Å². The van der Waals surface area contributed by atoms with E-state index in [1.807, 2.05) is 43.4 Å². The van der Waals surface area contributed by atoms with Crippen LogP contribution in [-0.4, -0.2) is 67.8 Å². The maximum atomic E-state index is 12.8. The van der Waals surface area contributed by atoms with Gasteiger partial charge in [-0.15, -0.1) is 10.2 Å². The Morgan fingerprint density at radius 1 is 1.16 bits per heavy atom. The molecule has 1 fully saturated rings. The van der Waals surface area contributed by atoms with Crippen LogP contribution in [0.1, 0.15) is 31.7 Å². The minimum Gasteiger partial charge on any atom is -0.449 e. The minimum absolute atomic E-state index is 0.0736. The van der Waals surface area contributed by atoms with E-state index >= 15 is 0 Å². The second kappa shape index (κ2) is 8.66. The average molecular weight is 427 g/mol. The molecule has 0 spiro atoms. The Kier molecular flexibility index (Phi) is 5.95. The highest BCUT2D eigenvalue weighted by Crippen LogP contribution is 2.17. The average Bonchev–Trinajstić information content (AvgIpc) is 3.01. The van der Waals surface area contributed by atoms with E-state index in [9.17, 15) is 9.59 Å². The molecule has 1 aromatic carbocycles. The van der Waals surface area contributed by atoms with E-state index in [-0.39, 0.29) is 11.7 Å². The summed E-state index contributed by atoms with van der Waals surface area (Å²) in [7, 11) is 1.73. The van der Waals surface area contributed by atoms with Crippen molar-refractivity contribution in [3.05, 3.63) is 39.9 Å². The molecule has 9 heteroatoms. The van der Waals surface area contributed by atoms with Crippen LogP contribution in [0.25, 0.3) is 16.7 Å². The number of benzene rings is 1. The van der Waals surface area contributed by atoms with E-state index in [2.05, 4.69) is 15.1 Å². The number of rotatable bonds is 4. The van der Waals surface area contributed by atoms with Gasteiger partial charge in [0.05, 0.1) is 24.1 Å². The molecule has 1 amide bonds. The van der Waals surface area contributed by atoms with Crippen LogP contribution in [-0.2, 0) is 18.3 Å². The summed E-state index contributed by atoms with van der Waals surface area (Å²) < 4.78 is 8.91. The highest BCUT2D eigenvalue weighted by atomic mass is 16.6. The lowest BCUT2D eigenvalue weighted by molar-refractivity contribution is 0.0929. The van der Waals surface area contributed by atoms with Crippen molar-refractivity contribution in [1.82, 2.24) is 29.0 Å². The summed E-state index contributed by atoms with van der Waals surface area (Å²) in [6.45, 7) is 9.96. The van der Waals surface area contributed by atoms with Gasteiger partial charge in [0.2, 0.25) is 5.78 Å². The Labute approximate surface area is 181 Å². The zero-order valence-corrected chi connectivity index (χ0v) is 18.7. The van der Waals surface area contributed by atoms with Gasteiger partial charge in [0.1, 0.15) is 0 Å². The Morgan fingerprint density at radius 2 is 1.97 bits per heavy atom. The molecule has 166 valence electrons.